The third-order valence-electron chi connectivity index (χ3n) is 9.10. The molecule has 3 aliphatic rings. The van der Waals surface area contributed by atoms with E-state index in [4.69, 9.17) is 9.97 Å². The topological polar surface area (TPSA) is 43.2 Å². The van der Waals surface area contributed by atoms with E-state index in [9.17, 15) is 0 Å². The Labute approximate surface area is 222 Å². The summed E-state index contributed by atoms with van der Waals surface area (Å²) in [5.41, 5.74) is 6.48. The van der Waals surface area contributed by atoms with Crippen molar-refractivity contribution in [3.05, 3.63) is 59.2 Å². The van der Waals surface area contributed by atoms with Gasteiger partial charge in [0.15, 0.2) is 0 Å². The number of nitrogens with zero attached hydrogens (tertiary/aromatic N) is 7. The molecule has 0 bridgehead atoms. The Hall–Kier alpha value is -2.48. The zero-order valence-corrected chi connectivity index (χ0v) is 22.9. The summed E-state index contributed by atoms with van der Waals surface area (Å²) in [5, 5.41) is 0. The molecule has 0 N–H and O–H groups in total. The fraction of sp³-hybridized carbons (Fsp3) is 0.600. The third-order valence-corrected chi connectivity index (χ3v) is 9.10. The molecule has 0 saturated carbocycles. The van der Waals surface area contributed by atoms with E-state index >= 15 is 0 Å². The minimum Gasteiger partial charge on any atom is -0.355 e. The van der Waals surface area contributed by atoms with Crippen molar-refractivity contribution in [3.63, 3.8) is 0 Å². The van der Waals surface area contributed by atoms with Crippen LogP contribution in [-0.2, 0) is 19.5 Å². The number of rotatable bonds is 7. The lowest BCUT2D eigenvalue weighted by Crippen LogP contribution is -2.45. The molecule has 198 valence electrons. The minimum atomic E-state index is 0.418. The zero-order chi connectivity index (χ0) is 25.4. The monoisotopic (exact) mass is 501 g/mol. The normalized spacial score (nSPS) is 23.0. The zero-order valence-electron chi connectivity index (χ0n) is 22.9. The van der Waals surface area contributed by atoms with Crippen LogP contribution in [0.5, 0.6) is 0 Å². The molecule has 6 rings (SSSR count). The summed E-state index contributed by atoms with van der Waals surface area (Å²) in [6.07, 6.45) is 7.04. The Morgan fingerprint density at radius 2 is 1.81 bits per heavy atom. The van der Waals surface area contributed by atoms with Crippen LogP contribution in [0.2, 0.25) is 0 Å². The summed E-state index contributed by atoms with van der Waals surface area (Å²) in [7, 11) is 2.23. The molecule has 0 aromatic carbocycles. The smallest absolute Gasteiger partial charge is 0.138 e. The lowest BCUT2D eigenvalue weighted by atomic mass is 9.77. The van der Waals surface area contributed by atoms with Gasteiger partial charge >= 0.3 is 0 Å². The van der Waals surface area contributed by atoms with Gasteiger partial charge in [0.2, 0.25) is 0 Å². The Morgan fingerprint density at radius 1 is 0.973 bits per heavy atom. The summed E-state index contributed by atoms with van der Waals surface area (Å²) >= 11 is 0. The molecule has 3 aromatic rings. The van der Waals surface area contributed by atoms with E-state index in [-0.39, 0.29) is 0 Å². The molecular formula is C30H43N7. The Morgan fingerprint density at radius 3 is 2.62 bits per heavy atom. The highest BCUT2D eigenvalue weighted by atomic mass is 15.3. The number of hydrogen-bond donors (Lipinski definition) is 0. The van der Waals surface area contributed by atoms with E-state index in [1.54, 1.807) is 0 Å². The average molecular weight is 502 g/mol. The fourth-order valence-corrected chi connectivity index (χ4v) is 6.90. The first-order chi connectivity index (χ1) is 18.2. The molecular weight excluding hydrogens is 458 g/mol. The SMILES string of the molecule is CCN(CC)Cc1c(CN2CCC[C@H]3CCc4cccnc4[C@H]32)nc2cccc(N3CCN(C)CC3)n12. The van der Waals surface area contributed by atoms with Gasteiger partial charge < -0.3 is 9.80 Å². The Kier molecular flexibility index (Phi) is 7.19. The number of aromatic nitrogens is 3. The average Bonchev–Trinajstić information content (AvgIpc) is 3.28. The summed E-state index contributed by atoms with van der Waals surface area (Å²) in [6.45, 7) is 13.9. The van der Waals surface area contributed by atoms with E-state index in [0.29, 0.717) is 12.0 Å². The van der Waals surface area contributed by atoms with E-state index in [1.807, 2.05) is 6.20 Å². The van der Waals surface area contributed by atoms with E-state index < -0.39 is 0 Å². The molecule has 7 nitrogen and oxygen atoms in total. The first-order valence-electron chi connectivity index (χ1n) is 14.5. The maximum Gasteiger partial charge on any atom is 0.138 e. The molecule has 7 heteroatoms. The van der Waals surface area contributed by atoms with Gasteiger partial charge in [-0.25, -0.2) is 4.98 Å². The molecule has 2 aliphatic heterocycles. The molecule has 0 amide bonds. The van der Waals surface area contributed by atoms with Crippen LogP contribution in [0.3, 0.4) is 0 Å². The fourth-order valence-electron chi connectivity index (χ4n) is 6.90. The van der Waals surface area contributed by atoms with Crippen LogP contribution in [0, 0.1) is 5.92 Å². The second kappa shape index (κ2) is 10.7. The van der Waals surface area contributed by atoms with E-state index in [2.05, 4.69) is 75.2 Å². The summed E-state index contributed by atoms with van der Waals surface area (Å²) in [4.78, 5) is 20.5. The molecule has 0 radical (unpaired) electrons. The molecule has 1 aliphatic carbocycles. The number of pyridine rings is 2. The van der Waals surface area contributed by atoms with Gasteiger partial charge in [0, 0.05) is 45.5 Å². The highest BCUT2D eigenvalue weighted by Gasteiger charge is 2.38. The quantitative estimate of drug-likeness (QED) is 0.483. The second-order valence-corrected chi connectivity index (χ2v) is 11.2. The van der Waals surface area contributed by atoms with Crippen LogP contribution >= 0.6 is 0 Å². The summed E-state index contributed by atoms with van der Waals surface area (Å²) in [6, 6.07) is 11.5. The maximum atomic E-state index is 5.33. The van der Waals surface area contributed by atoms with Crippen LogP contribution in [-0.4, -0.2) is 81.9 Å². The van der Waals surface area contributed by atoms with E-state index in [0.717, 1.165) is 64.5 Å². The number of likely N-dealkylation sites (N-methyl/N-ethyl adjacent to an activating group) is 1. The van der Waals surface area contributed by atoms with Crippen LogP contribution in [0.1, 0.15) is 61.8 Å². The predicted octanol–water partition coefficient (Wildman–Crippen LogP) is 4.22. The largest absolute Gasteiger partial charge is 0.355 e. The lowest BCUT2D eigenvalue weighted by Gasteiger charge is -2.44. The molecule has 2 atom stereocenters. The number of imidazole rings is 1. The molecule has 0 unspecified atom stereocenters. The molecule has 0 spiro atoms. The van der Waals surface area contributed by atoms with Crippen LogP contribution in [0.4, 0.5) is 5.82 Å². The van der Waals surface area contributed by atoms with Gasteiger partial charge in [-0.3, -0.25) is 19.2 Å². The number of anilines is 1. The number of fused-ring (bicyclic) bond motifs is 4. The van der Waals surface area contributed by atoms with E-state index in [1.165, 1.54) is 54.1 Å². The third kappa shape index (κ3) is 4.77. The first kappa shape index (κ1) is 24.8. The first-order valence-corrected chi connectivity index (χ1v) is 14.5. The van der Waals surface area contributed by atoms with Crippen molar-refractivity contribution < 1.29 is 0 Å². The van der Waals surface area contributed by atoms with Crippen LogP contribution in [0.25, 0.3) is 5.65 Å². The van der Waals surface area contributed by atoms with Crippen molar-refractivity contribution >= 4 is 11.5 Å². The lowest BCUT2D eigenvalue weighted by molar-refractivity contribution is 0.0682. The molecule has 5 heterocycles. The number of piperidine rings is 1. The van der Waals surface area contributed by atoms with Crippen LogP contribution < -0.4 is 4.90 Å². The Bertz CT molecular complexity index is 1210. The highest BCUT2D eigenvalue weighted by molar-refractivity contribution is 5.55. The highest BCUT2D eigenvalue weighted by Crippen LogP contribution is 2.43. The number of piperazine rings is 1. The maximum absolute atomic E-state index is 5.33. The van der Waals surface area contributed by atoms with Crippen molar-refractivity contribution in [2.45, 2.75) is 58.7 Å². The van der Waals surface area contributed by atoms with Crippen molar-refractivity contribution in [1.29, 1.82) is 0 Å². The number of likely N-dealkylation sites (tertiary alicyclic amines) is 1. The van der Waals surface area contributed by atoms with Gasteiger partial charge in [-0.2, -0.15) is 0 Å². The molecule has 2 saturated heterocycles. The van der Waals surface area contributed by atoms with Crippen molar-refractivity contribution in [2.24, 2.45) is 5.92 Å². The summed E-state index contributed by atoms with van der Waals surface area (Å²) in [5.74, 6) is 2.01. The Balaban J connectivity index is 1.40. The molecule has 37 heavy (non-hydrogen) atoms. The molecule has 2 fully saturated rings. The summed E-state index contributed by atoms with van der Waals surface area (Å²) < 4.78 is 2.48. The minimum absolute atomic E-state index is 0.418. The van der Waals surface area contributed by atoms with Gasteiger partial charge in [0.25, 0.3) is 0 Å². The van der Waals surface area contributed by atoms with Gasteiger partial charge in [-0.05, 0) is 82.0 Å². The van der Waals surface area contributed by atoms with Gasteiger partial charge in [0.1, 0.15) is 11.5 Å². The molecule has 3 aromatic heterocycles. The van der Waals surface area contributed by atoms with Gasteiger partial charge in [-0.1, -0.05) is 26.0 Å². The van der Waals surface area contributed by atoms with Crippen molar-refractivity contribution in [2.75, 3.05) is 57.8 Å². The van der Waals surface area contributed by atoms with Crippen LogP contribution in [0.15, 0.2) is 36.5 Å². The van der Waals surface area contributed by atoms with Gasteiger partial charge in [-0.15, -0.1) is 0 Å². The van der Waals surface area contributed by atoms with Gasteiger partial charge in [0.05, 0.1) is 23.1 Å². The van der Waals surface area contributed by atoms with Crippen molar-refractivity contribution in [3.8, 4) is 0 Å². The number of hydrogen-bond acceptors (Lipinski definition) is 6. The second-order valence-electron chi connectivity index (χ2n) is 11.2. The number of aryl methyl sites for hydroxylation is 1. The predicted molar refractivity (Wildman–Crippen MR) is 150 cm³/mol. The standard InChI is InChI=1S/C30H43N7/c1-4-34(5-2)22-26-25(32-27-11-6-12-28(37(26)27)35-19-17-33(3)18-20-35)21-36-16-8-10-24-14-13-23-9-7-15-31-29(23)30(24)36/h6-7,9,11-12,15,24,30H,4-5,8,10,13-14,16-22H2,1-3H3/t24-,30-/m0/s1. The van der Waals surface area contributed by atoms with Crippen molar-refractivity contribution in [1.82, 2.24) is 29.1 Å².